The van der Waals surface area contributed by atoms with E-state index in [0.717, 1.165) is 78.7 Å². The summed E-state index contributed by atoms with van der Waals surface area (Å²) in [5.41, 5.74) is 13.2. The highest BCUT2D eigenvalue weighted by molar-refractivity contribution is 7.11. The Morgan fingerprint density at radius 1 is 0.375 bits per heavy atom. The lowest BCUT2D eigenvalue weighted by Gasteiger charge is -2.34. The van der Waals surface area contributed by atoms with E-state index in [9.17, 15) is 0 Å². The first-order valence-corrected chi connectivity index (χ1v) is 21.3. The molecule has 0 saturated heterocycles. The molecule has 2 aliphatic heterocycles. The van der Waals surface area contributed by atoms with Crippen LogP contribution in [0.3, 0.4) is 0 Å². The van der Waals surface area contributed by atoms with Gasteiger partial charge in [0, 0.05) is 38.8 Å². The molecule has 0 unspecified atom stereocenters. The third kappa shape index (κ3) is 6.05. The third-order valence-corrected chi connectivity index (χ3v) is 15.9. The maximum absolute atomic E-state index is 5.57. The van der Waals surface area contributed by atoms with Gasteiger partial charge in [0.25, 0.3) is 0 Å². The predicted molar refractivity (Wildman–Crippen MR) is 237 cm³/mol. The molecule has 8 bridgehead atoms. The Bertz CT molecular complexity index is 2680. The van der Waals surface area contributed by atoms with Gasteiger partial charge in [0.05, 0.1) is 22.8 Å². The van der Waals surface area contributed by atoms with Crippen molar-refractivity contribution in [2.75, 3.05) is 0 Å². The molecule has 0 spiro atoms. The van der Waals surface area contributed by atoms with Gasteiger partial charge in [0.2, 0.25) is 0 Å². The van der Waals surface area contributed by atoms with Crippen molar-refractivity contribution in [2.24, 2.45) is 0 Å². The molecule has 0 aliphatic carbocycles. The smallest absolute Gasteiger partial charge is 0.152 e. The molecular formula is C51H38N4Si. The van der Waals surface area contributed by atoms with E-state index in [1.165, 1.54) is 15.6 Å². The zero-order chi connectivity index (χ0) is 37.3. The lowest BCUT2D eigenvalue weighted by molar-refractivity contribution is 1.18. The number of aromatic amines is 2. The Kier molecular flexibility index (Phi) is 8.54. The molecule has 0 fully saturated rings. The van der Waals surface area contributed by atoms with E-state index < -0.39 is 8.07 Å². The van der Waals surface area contributed by atoms with Gasteiger partial charge in [-0.2, -0.15) is 0 Å². The standard InChI is InChI=1S/C51H38N4Si/c1-6-16-36(17-7-1)50-46-28-26-38(52-46)34-39-27-29-47(53-39)51(37-18-8-2-9-19-37)49-33-31-45(55-49)43(44-30-32-48(50)54-44)35-56(40-20-10-3-11-21-40,41-22-12-4-13-23-41)42-24-14-5-15-25-42/h1-34,52-53H,35H2. The first-order chi connectivity index (χ1) is 27.7. The van der Waals surface area contributed by atoms with Gasteiger partial charge in [-0.3, -0.25) is 0 Å². The monoisotopic (exact) mass is 734 g/mol. The average molecular weight is 735 g/mol. The van der Waals surface area contributed by atoms with Crippen LogP contribution in [0.1, 0.15) is 28.3 Å². The minimum atomic E-state index is -2.77. The zero-order valence-electron chi connectivity index (χ0n) is 30.7. The number of fused-ring (bicyclic) bond motifs is 8. The highest BCUT2D eigenvalue weighted by Gasteiger charge is 2.41. The molecule has 2 N–H and O–H groups in total. The molecular weight excluding hydrogens is 697 g/mol. The number of benzene rings is 5. The molecule has 2 aliphatic rings. The molecule has 10 rings (SSSR count). The van der Waals surface area contributed by atoms with Gasteiger partial charge in [0.15, 0.2) is 8.07 Å². The van der Waals surface area contributed by atoms with Gasteiger partial charge in [-0.25, -0.2) is 9.97 Å². The van der Waals surface area contributed by atoms with E-state index >= 15 is 0 Å². The second-order valence-electron chi connectivity index (χ2n) is 14.4. The number of nitrogens with one attached hydrogen (secondary N) is 2. The zero-order valence-corrected chi connectivity index (χ0v) is 31.7. The molecule has 0 amide bonds. The summed E-state index contributed by atoms with van der Waals surface area (Å²) in [5, 5.41) is 4.04. The van der Waals surface area contributed by atoms with Crippen molar-refractivity contribution in [3.8, 4) is 22.3 Å². The molecule has 5 aromatic carbocycles. The molecule has 3 aromatic heterocycles. The van der Waals surface area contributed by atoms with Crippen molar-refractivity contribution >= 4 is 70.0 Å². The van der Waals surface area contributed by atoms with Crippen LogP contribution in [0.25, 0.3) is 68.6 Å². The van der Waals surface area contributed by atoms with Gasteiger partial charge in [-0.05, 0) is 87.4 Å². The minimum Gasteiger partial charge on any atom is -0.355 e. The fourth-order valence-corrected chi connectivity index (χ4v) is 13.2. The van der Waals surface area contributed by atoms with Gasteiger partial charge >= 0.3 is 0 Å². The Hall–Kier alpha value is -7.08. The van der Waals surface area contributed by atoms with E-state index in [4.69, 9.17) is 9.97 Å². The lowest BCUT2D eigenvalue weighted by Crippen LogP contribution is -2.69. The van der Waals surface area contributed by atoms with Gasteiger partial charge in [-0.1, -0.05) is 152 Å². The summed E-state index contributed by atoms with van der Waals surface area (Å²) in [6.07, 6.45) is 8.77. The van der Waals surface area contributed by atoms with Crippen LogP contribution in [0.4, 0.5) is 0 Å². The summed E-state index contributed by atoms with van der Waals surface area (Å²) in [6, 6.07) is 66.0. The fraction of sp³-hybridized carbons (Fsp3) is 0.0196. The van der Waals surface area contributed by atoms with Crippen molar-refractivity contribution in [3.05, 3.63) is 210 Å². The van der Waals surface area contributed by atoms with E-state index in [0.29, 0.717) is 0 Å². The van der Waals surface area contributed by atoms with Crippen LogP contribution in [0.15, 0.2) is 182 Å². The van der Waals surface area contributed by atoms with Crippen LogP contribution in [0.5, 0.6) is 0 Å². The predicted octanol–water partition coefficient (Wildman–Crippen LogP) is 10.2. The van der Waals surface area contributed by atoms with Gasteiger partial charge in [0.1, 0.15) is 0 Å². The summed E-state index contributed by atoms with van der Waals surface area (Å²) in [5.74, 6) is 0. The average Bonchev–Trinajstić information content (AvgIpc) is 4.11. The van der Waals surface area contributed by atoms with Crippen LogP contribution in [0, 0.1) is 0 Å². The highest BCUT2D eigenvalue weighted by atomic mass is 28.3. The molecule has 0 radical (unpaired) electrons. The normalized spacial score (nSPS) is 12.2. The number of aromatic nitrogens is 4. The van der Waals surface area contributed by atoms with Crippen LogP contribution < -0.4 is 15.6 Å². The van der Waals surface area contributed by atoms with Crippen LogP contribution >= 0.6 is 0 Å². The lowest BCUT2D eigenvalue weighted by atomic mass is 10.0. The van der Waals surface area contributed by atoms with E-state index in [2.05, 4.69) is 216 Å². The van der Waals surface area contributed by atoms with Crippen LogP contribution in [-0.4, -0.2) is 28.0 Å². The molecule has 8 aromatic rings. The second-order valence-corrected chi connectivity index (χ2v) is 18.3. The summed E-state index contributed by atoms with van der Waals surface area (Å²) >= 11 is 0. The Morgan fingerprint density at radius 2 is 0.732 bits per heavy atom. The fourth-order valence-electron chi connectivity index (χ4n) is 8.43. The number of hydrogen-bond acceptors (Lipinski definition) is 2. The Morgan fingerprint density at radius 3 is 1.12 bits per heavy atom. The molecule has 4 nitrogen and oxygen atoms in total. The molecule has 0 atom stereocenters. The first kappa shape index (κ1) is 33.5. The topological polar surface area (TPSA) is 57.4 Å². The van der Waals surface area contributed by atoms with E-state index in [1.54, 1.807) is 0 Å². The van der Waals surface area contributed by atoms with Crippen molar-refractivity contribution in [3.63, 3.8) is 0 Å². The van der Waals surface area contributed by atoms with Crippen LogP contribution in [-0.2, 0) is 6.04 Å². The largest absolute Gasteiger partial charge is 0.355 e. The number of rotatable bonds is 7. The quantitative estimate of drug-likeness (QED) is 0.127. The molecule has 0 saturated carbocycles. The Labute approximate surface area is 327 Å². The number of nitrogens with zero attached hydrogens (tertiary/aromatic N) is 2. The molecule has 5 heterocycles. The first-order valence-electron chi connectivity index (χ1n) is 19.1. The highest BCUT2D eigenvalue weighted by Crippen LogP contribution is 2.34. The third-order valence-electron chi connectivity index (χ3n) is 11.0. The maximum atomic E-state index is 5.57. The summed E-state index contributed by atoms with van der Waals surface area (Å²) in [4.78, 5) is 18.6. The molecule has 5 heteroatoms. The summed E-state index contributed by atoms with van der Waals surface area (Å²) in [7, 11) is -2.77. The SMILES string of the molecule is C1=Cc2nc1c(C[Si](c1ccccc1)(c1ccccc1)c1ccccc1)c1nc(c(-c3ccccc3)c3ccc(cc4ccc([nH]4)c2-c2ccccc2)[nH]3)C=C1. The van der Waals surface area contributed by atoms with Crippen molar-refractivity contribution in [2.45, 2.75) is 6.04 Å². The molecule has 266 valence electrons. The van der Waals surface area contributed by atoms with Crippen molar-refractivity contribution in [1.82, 2.24) is 19.9 Å². The van der Waals surface area contributed by atoms with E-state index in [-0.39, 0.29) is 0 Å². The molecule has 56 heavy (non-hydrogen) atoms. The number of hydrogen-bond donors (Lipinski definition) is 2. The minimum absolute atomic E-state index is 0.757. The van der Waals surface area contributed by atoms with E-state index in [1.807, 2.05) is 0 Å². The number of H-pyrrole nitrogens is 2. The second kappa shape index (κ2) is 14.3. The Balaban J connectivity index is 1.35. The van der Waals surface area contributed by atoms with Gasteiger partial charge < -0.3 is 9.97 Å². The van der Waals surface area contributed by atoms with Crippen LogP contribution in [0.2, 0.25) is 0 Å². The van der Waals surface area contributed by atoms with Crippen molar-refractivity contribution in [1.29, 1.82) is 0 Å². The van der Waals surface area contributed by atoms with Crippen molar-refractivity contribution < 1.29 is 0 Å². The maximum Gasteiger partial charge on any atom is 0.152 e. The summed E-state index contributed by atoms with van der Waals surface area (Å²) in [6.45, 7) is 0. The van der Waals surface area contributed by atoms with Gasteiger partial charge in [-0.15, -0.1) is 0 Å². The summed E-state index contributed by atoms with van der Waals surface area (Å²) < 4.78 is 0.